The van der Waals surface area contributed by atoms with Gasteiger partial charge in [0, 0.05) is 12.6 Å². The molecule has 0 aliphatic rings. The van der Waals surface area contributed by atoms with Crippen molar-refractivity contribution in [2.75, 3.05) is 13.1 Å². The Bertz CT molecular complexity index is 982. The molecule has 1 amide bonds. The first-order valence-electron chi connectivity index (χ1n) is 9.19. The van der Waals surface area contributed by atoms with E-state index in [4.69, 9.17) is 11.5 Å². The van der Waals surface area contributed by atoms with Crippen LogP contribution in [0, 0.1) is 0 Å². The van der Waals surface area contributed by atoms with Gasteiger partial charge in [0.1, 0.15) is 0 Å². The number of carbonyl (C=O) groups is 1. The molecule has 0 fully saturated rings. The third-order valence-corrected chi connectivity index (χ3v) is 4.55. The Kier molecular flexibility index (Phi) is 6.19. The van der Waals surface area contributed by atoms with E-state index in [2.05, 4.69) is 15.3 Å². The van der Waals surface area contributed by atoms with Crippen molar-refractivity contribution in [3.05, 3.63) is 53.9 Å². The number of aromatic nitrogens is 2. The number of alkyl halides is 3. The van der Waals surface area contributed by atoms with Crippen LogP contribution < -0.4 is 16.8 Å². The summed E-state index contributed by atoms with van der Waals surface area (Å²) in [5.41, 5.74) is 13.2. The second-order valence-electron chi connectivity index (χ2n) is 6.79. The summed E-state index contributed by atoms with van der Waals surface area (Å²) in [6.07, 6.45) is -2.87. The number of carbonyl (C=O) groups excluding carboxylic acids is 1. The van der Waals surface area contributed by atoms with E-state index in [9.17, 15) is 18.0 Å². The summed E-state index contributed by atoms with van der Waals surface area (Å²) >= 11 is 0. The number of imidazole rings is 1. The molecule has 6 nitrogen and oxygen atoms in total. The average molecular weight is 405 g/mol. The van der Waals surface area contributed by atoms with Crippen LogP contribution in [0.25, 0.3) is 22.2 Å². The van der Waals surface area contributed by atoms with Crippen molar-refractivity contribution in [1.29, 1.82) is 0 Å². The van der Waals surface area contributed by atoms with Crippen molar-refractivity contribution in [2.24, 2.45) is 11.5 Å². The lowest BCUT2D eigenvalue weighted by molar-refractivity contribution is -0.137. The van der Waals surface area contributed by atoms with Crippen LogP contribution in [0.4, 0.5) is 13.2 Å². The highest BCUT2D eigenvalue weighted by atomic mass is 19.4. The Morgan fingerprint density at radius 2 is 1.83 bits per heavy atom. The Morgan fingerprint density at radius 3 is 2.48 bits per heavy atom. The van der Waals surface area contributed by atoms with Gasteiger partial charge < -0.3 is 21.8 Å². The molecular formula is C20H22F3N5O. The zero-order valence-corrected chi connectivity index (χ0v) is 15.6. The van der Waals surface area contributed by atoms with Gasteiger partial charge in [-0.15, -0.1) is 0 Å². The number of hydrogen-bond acceptors (Lipinski definition) is 4. The maximum atomic E-state index is 12.7. The van der Waals surface area contributed by atoms with Crippen molar-refractivity contribution in [3.63, 3.8) is 0 Å². The molecule has 0 aliphatic carbocycles. The van der Waals surface area contributed by atoms with Crippen LogP contribution in [-0.2, 0) is 6.18 Å². The molecule has 1 heterocycles. The van der Waals surface area contributed by atoms with Crippen molar-refractivity contribution < 1.29 is 18.0 Å². The molecule has 6 N–H and O–H groups in total. The Hall–Kier alpha value is -2.91. The van der Waals surface area contributed by atoms with Crippen LogP contribution in [0.1, 0.15) is 29.0 Å². The first kappa shape index (κ1) is 20.8. The third kappa shape index (κ3) is 5.12. The van der Waals surface area contributed by atoms with E-state index < -0.39 is 11.7 Å². The minimum Gasteiger partial charge on any atom is -0.348 e. The molecular weight excluding hydrogens is 383 g/mol. The number of rotatable bonds is 7. The standard InChI is InChI=1S/C20H22F3N5O/c21-20(22,23)14-6-3-12(4-7-14)13-5-8-16-17(10-13)28-18(27-16)19(29)26-11-15(25)2-1-9-24/h3-8,10,15H,1-2,9,11,24-25H2,(H,26,29)(H,27,28)/t15-/m0/s1. The summed E-state index contributed by atoms with van der Waals surface area (Å²) in [5, 5.41) is 2.73. The molecule has 29 heavy (non-hydrogen) atoms. The quantitative estimate of drug-likeness (QED) is 0.484. The molecule has 1 aromatic heterocycles. The lowest BCUT2D eigenvalue weighted by Gasteiger charge is -2.11. The third-order valence-electron chi connectivity index (χ3n) is 4.55. The highest BCUT2D eigenvalue weighted by molar-refractivity contribution is 5.94. The van der Waals surface area contributed by atoms with Gasteiger partial charge in [-0.1, -0.05) is 18.2 Å². The summed E-state index contributed by atoms with van der Waals surface area (Å²) < 4.78 is 38.2. The molecule has 3 aromatic rings. The second kappa shape index (κ2) is 8.62. The minimum atomic E-state index is -4.38. The maximum Gasteiger partial charge on any atom is 0.416 e. The van der Waals surface area contributed by atoms with Gasteiger partial charge in [0.25, 0.3) is 5.91 Å². The smallest absolute Gasteiger partial charge is 0.348 e. The van der Waals surface area contributed by atoms with E-state index >= 15 is 0 Å². The van der Waals surface area contributed by atoms with Crippen LogP contribution in [0.2, 0.25) is 0 Å². The number of H-pyrrole nitrogens is 1. The number of amides is 1. The van der Waals surface area contributed by atoms with E-state index in [0.717, 1.165) is 18.6 Å². The second-order valence-corrected chi connectivity index (χ2v) is 6.79. The summed E-state index contributed by atoms with van der Waals surface area (Å²) in [6, 6.07) is 9.93. The normalized spacial score (nSPS) is 12.9. The predicted octanol–water partition coefficient (Wildman–Crippen LogP) is 3.04. The molecule has 154 valence electrons. The number of hydrogen-bond donors (Lipinski definition) is 4. The minimum absolute atomic E-state index is 0.149. The molecule has 3 rings (SSSR count). The summed E-state index contributed by atoms with van der Waals surface area (Å²) in [5.74, 6) is -0.226. The van der Waals surface area contributed by atoms with Crippen molar-refractivity contribution in [3.8, 4) is 11.1 Å². The largest absolute Gasteiger partial charge is 0.416 e. The number of fused-ring (bicyclic) bond motifs is 1. The van der Waals surface area contributed by atoms with Crippen LogP contribution in [0.3, 0.4) is 0 Å². The van der Waals surface area contributed by atoms with Gasteiger partial charge in [0.15, 0.2) is 5.82 Å². The van der Waals surface area contributed by atoms with Gasteiger partial charge in [0.2, 0.25) is 0 Å². The molecule has 2 aromatic carbocycles. The van der Waals surface area contributed by atoms with E-state index in [1.165, 1.54) is 12.1 Å². The molecule has 0 aliphatic heterocycles. The van der Waals surface area contributed by atoms with Crippen LogP contribution in [0.5, 0.6) is 0 Å². The van der Waals surface area contributed by atoms with E-state index in [0.29, 0.717) is 41.7 Å². The monoisotopic (exact) mass is 405 g/mol. The number of nitrogens with zero attached hydrogens (tertiary/aromatic N) is 1. The van der Waals surface area contributed by atoms with Crippen molar-refractivity contribution >= 4 is 16.9 Å². The van der Waals surface area contributed by atoms with Gasteiger partial charge in [-0.05, 0) is 54.8 Å². The number of nitrogens with two attached hydrogens (primary N) is 2. The summed E-state index contributed by atoms with van der Waals surface area (Å²) in [6.45, 7) is 0.860. The predicted molar refractivity (Wildman–Crippen MR) is 105 cm³/mol. The first-order chi connectivity index (χ1) is 13.8. The molecule has 1 atom stereocenters. The fourth-order valence-electron chi connectivity index (χ4n) is 2.93. The Labute approximate surface area is 165 Å². The van der Waals surface area contributed by atoms with Gasteiger partial charge in [-0.25, -0.2) is 4.98 Å². The first-order valence-corrected chi connectivity index (χ1v) is 9.19. The fraction of sp³-hybridized carbons (Fsp3) is 0.300. The van der Waals surface area contributed by atoms with Crippen molar-refractivity contribution in [1.82, 2.24) is 15.3 Å². The summed E-state index contributed by atoms with van der Waals surface area (Å²) in [4.78, 5) is 19.5. The molecule has 0 spiro atoms. The maximum absolute atomic E-state index is 12.7. The lowest BCUT2D eigenvalue weighted by Crippen LogP contribution is -2.37. The zero-order valence-electron chi connectivity index (χ0n) is 15.6. The van der Waals surface area contributed by atoms with Gasteiger partial charge in [-0.2, -0.15) is 13.2 Å². The van der Waals surface area contributed by atoms with Crippen LogP contribution in [-0.4, -0.2) is 35.0 Å². The number of aromatic amines is 1. The van der Waals surface area contributed by atoms with E-state index in [-0.39, 0.29) is 17.8 Å². The molecule has 0 saturated carbocycles. The zero-order chi connectivity index (χ0) is 21.0. The Balaban J connectivity index is 1.73. The average Bonchev–Trinajstić information content (AvgIpc) is 3.13. The summed E-state index contributed by atoms with van der Waals surface area (Å²) in [7, 11) is 0. The van der Waals surface area contributed by atoms with Crippen molar-refractivity contribution in [2.45, 2.75) is 25.1 Å². The number of halogens is 3. The lowest BCUT2D eigenvalue weighted by atomic mass is 10.0. The van der Waals surface area contributed by atoms with Gasteiger partial charge in [-0.3, -0.25) is 4.79 Å². The molecule has 0 unspecified atom stereocenters. The highest BCUT2D eigenvalue weighted by Crippen LogP contribution is 2.31. The Morgan fingerprint density at radius 1 is 1.14 bits per heavy atom. The highest BCUT2D eigenvalue weighted by Gasteiger charge is 2.30. The van der Waals surface area contributed by atoms with Crippen LogP contribution in [0.15, 0.2) is 42.5 Å². The molecule has 9 heteroatoms. The topological polar surface area (TPSA) is 110 Å². The van der Waals surface area contributed by atoms with Gasteiger partial charge in [0.05, 0.1) is 16.6 Å². The molecule has 0 saturated heterocycles. The van der Waals surface area contributed by atoms with E-state index in [1.54, 1.807) is 18.2 Å². The fourth-order valence-corrected chi connectivity index (χ4v) is 2.93. The molecule has 0 bridgehead atoms. The van der Waals surface area contributed by atoms with Crippen LogP contribution >= 0.6 is 0 Å². The molecule has 0 radical (unpaired) electrons. The SMILES string of the molecule is NCCC[C@H](N)CNC(=O)c1nc2cc(-c3ccc(C(F)(F)F)cc3)ccc2[nH]1. The number of benzene rings is 2. The number of nitrogens with one attached hydrogen (secondary N) is 2. The van der Waals surface area contributed by atoms with Gasteiger partial charge >= 0.3 is 6.18 Å². The van der Waals surface area contributed by atoms with E-state index in [1.807, 2.05) is 0 Å².